The second kappa shape index (κ2) is 9.75. The lowest BCUT2D eigenvalue weighted by Gasteiger charge is -2.35. The molecule has 176 valence electrons. The molecule has 1 heterocycles. The summed E-state index contributed by atoms with van der Waals surface area (Å²) in [5.41, 5.74) is 3.28. The molecule has 3 aromatic carbocycles. The van der Waals surface area contributed by atoms with Crippen molar-refractivity contribution in [3.8, 4) is 11.5 Å². The number of phenolic OH excluding ortho intramolecular Hbond substituents is 1. The molecule has 3 aromatic rings. The highest BCUT2D eigenvalue weighted by Crippen LogP contribution is 2.35. The van der Waals surface area contributed by atoms with Crippen LogP contribution in [0.15, 0.2) is 76.5 Å². The lowest BCUT2D eigenvalue weighted by molar-refractivity contribution is 0.109. The Balaban J connectivity index is 0.00000306. The van der Waals surface area contributed by atoms with Gasteiger partial charge in [-0.2, -0.15) is 0 Å². The molecule has 0 atom stereocenters. The summed E-state index contributed by atoms with van der Waals surface area (Å²) in [5.74, 6) is 0.632. The molecule has 1 aliphatic rings. The zero-order chi connectivity index (χ0) is 22.9. The quantitative estimate of drug-likeness (QED) is 0.484. The maximum atomic E-state index is 13.0. The minimum Gasteiger partial charge on any atom is -0.504 e. The lowest BCUT2D eigenvalue weighted by Crippen LogP contribution is -2.40. The van der Waals surface area contributed by atoms with Gasteiger partial charge in [0.25, 0.3) is 0 Å². The van der Waals surface area contributed by atoms with Gasteiger partial charge in [0.1, 0.15) is 0 Å². The van der Waals surface area contributed by atoms with Crippen molar-refractivity contribution in [2.45, 2.75) is 55.1 Å². The van der Waals surface area contributed by atoms with E-state index in [0.717, 1.165) is 37.1 Å². The standard InChI is InChI=1S/C26H29NO4S.ClH/c1-26(2,14-13-19-9-12-24(28)25(15-19)31-3)27-17-20-10-11-23(16-21(20)18-27)32(29,30)22-7-5-4-6-8-22;/h4-12,15-16,28H,13-14,17-18H2,1-3H3;1H. The van der Waals surface area contributed by atoms with Crippen molar-refractivity contribution in [2.24, 2.45) is 0 Å². The van der Waals surface area contributed by atoms with E-state index in [1.807, 2.05) is 30.3 Å². The third-order valence-corrected chi connectivity index (χ3v) is 8.16. The first-order chi connectivity index (χ1) is 15.2. The van der Waals surface area contributed by atoms with Crippen molar-refractivity contribution >= 4 is 22.2 Å². The van der Waals surface area contributed by atoms with Crippen molar-refractivity contribution in [2.75, 3.05) is 7.11 Å². The lowest BCUT2D eigenvalue weighted by atomic mass is 9.93. The molecule has 7 heteroatoms. The number of aryl methyl sites for hydroxylation is 1. The van der Waals surface area contributed by atoms with Gasteiger partial charge in [-0.25, -0.2) is 8.42 Å². The van der Waals surface area contributed by atoms with Gasteiger partial charge in [0, 0.05) is 18.6 Å². The van der Waals surface area contributed by atoms with Gasteiger partial charge in [0.15, 0.2) is 11.5 Å². The molecule has 0 fully saturated rings. The fraction of sp³-hybridized carbons (Fsp3) is 0.308. The van der Waals surface area contributed by atoms with Gasteiger partial charge in [-0.1, -0.05) is 30.3 Å². The molecule has 0 bridgehead atoms. The SMILES string of the molecule is COc1cc(CCC(C)(C)N2Cc3ccc(S(=O)(=O)c4ccccc4)cc3C2)ccc1O.Cl. The molecule has 0 unspecified atom stereocenters. The molecule has 0 spiro atoms. The van der Waals surface area contributed by atoms with Crippen LogP contribution in [0.1, 0.15) is 37.0 Å². The Morgan fingerprint density at radius 2 is 1.64 bits per heavy atom. The molecule has 0 amide bonds. The molecule has 4 rings (SSSR count). The minimum atomic E-state index is -3.52. The van der Waals surface area contributed by atoms with Crippen LogP contribution >= 0.6 is 12.4 Å². The molecule has 5 nitrogen and oxygen atoms in total. The van der Waals surface area contributed by atoms with Crippen molar-refractivity contribution in [3.05, 3.63) is 83.4 Å². The number of aromatic hydroxyl groups is 1. The fourth-order valence-corrected chi connectivity index (χ4v) is 5.52. The number of phenols is 1. The van der Waals surface area contributed by atoms with Gasteiger partial charge >= 0.3 is 0 Å². The van der Waals surface area contributed by atoms with Crippen LogP contribution in [0.3, 0.4) is 0 Å². The summed E-state index contributed by atoms with van der Waals surface area (Å²) < 4.78 is 31.2. The second-order valence-corrected chi connectivity index (χ2v) is 10.9. The molecule has 1 aliphatic heterocycles. The largest absolute Gasteiger partial charge is 0.504 e. The summed E-state index contributed by atoms with van der Waals surface area (Å²) in [4.78, 5) is 3.06. The number of halogens is 1. The molecule has 1 N–H and O–H groups in total. The second-order valence-electron chi connectivity index (χ2n) is 8.92. The predicted molar refractivity (Wildman–Crippen MR) is 132 cm³/mol. The molecule has 33 heavy (non-hydrogen) atoms. The highest BCUT2D eigenvalue weighted by atomic mass is 35.5. The van der Waals surface area contributed by atoms with Gasteiger partial charge in [0.05, 0.1) is 16.9 Å². The fourth-order valence-electron chi connectivity index (χ4n) is 4.19. The number of nitrogens with zero attached hydrogens (tertiary/aromatic N) is 1. The molecule has 0 saturated heterocycles. The average molecular weight is 488 g/mol. The molecule has 0 aromatic heterocycles. The van der Waals surface area contributed by atoms with Crippen LogP contribution < -0.4 is 4.74 Å². The first kappa shape index (κ1) is 25.1. The van der Waals surface area contributed by atoms with Gasteiger partial charge in [-0.3, -0.25) is 4.90 Å². The first-order valence-electron chi connectivity index (χ1n) is 10.7. The Morgan fingerprint density at radius 3 is 2.33 bits per heavy atom. The van der Waals surface area contributed by atoms with Gasteiger partial charge in [-0.05, 0) is 79.8 Å². The third kappa shape index (κ3) is 5.18. The van der Waals surface area contributed by atoms with Gasteiger partial charge < -0.3 is 9.84 Å². The number of fused-ring (bicyclic) bond motifs is 1. The maximum absolute atomic E-state index is 13.0. The van der Waals surface area contributed by atoms with E-state index in [2.05, 4.69) is 18.7 Å². The summed E-state index contributed by atoms with van der Waals surface area (Å²) in [6, 6.07) is 19.6. The number of rotatable bonds is 7. The molecule has 0 radical (unpaired) electrons. The Kier molecular flexibility index (Phi) is 7.42. The van der Waals surface area contributed by atoms with Crippen molar-refractivity contribution in [1.29, 1.82) is 0 Å². The molecule has 0 aliphatic carbocycles. The van der Waals surface area contributed by atoms with Crippen LogP contribution in [-0.4, -0.2) is 31.1 Å². The van der Waals surface area contributed by atoms with Crippen molar-refractivity contribution in [3.63, 3.8) is 0 Å². The van der Waals surface area contributed by atoms with Crippen LogP contribution in [0, 0.1) is 0 Å². The summed E-state index contributed by atoms with van der Waals surface area (Å²) in [6.07, 6.45) is 1.77. The highest BCUT2D eigenvalue weighted by molar-refractivity contribution is 7.91. The highest BCUT2D eigenvalue weighted by Gasteiger charge is 2.32. The maximum Gasteiger partial charge on any atom is 0.206 e. The summed E-state index contributed by atoms with van der Waals surface area (Å²) >= 11 is 0. The molecular weight excluding hydrogens is 458 g/mol. The number of hydrogen-bond acceptors (Lipinski definition) is 5. The number of hydrogen-bond donors (Lipinski definition) is 1. The summed E-state index contributed by atoms with van der Waals surface area (Å²) in [6.45, 7) is 5.96. The topological polar surface area (TPSA) is 66.8 Å². The summed E-state index contributed by atoms with van der Waals surface area (Å²) in [5, 5.41) is 9.81. The predicted octanol–water partition coefficient (Wildman–Crippen LogP) is 5.38. The van der Waals surface area contributed by atoms with E-state index in [1.54, 1.807) is 43.5 Å². The number of benzene rings is 3. The van der Waals surface area contributed by atoms with Crippen molar-refractivity contribution in [1.82, 2.24) is 4.90 Å². The Hall–Kier alpha value is -2.54. The third-order valence-electron chi connectivity index (χ3n) is 6.39. The Labute approximate surface area is 202 Å². The van der Waals surface area contributed by atoms with Crippen LogP contribution in [0.2, 0.25) is 0 Å². The normalized spacial score (nSPS) is 13.9. The van der Waals surface area contributed by atoms with Crippen LogP contribution in [0.25, 0.3) is 0 Å². The van der Waals surface area contributed by atoms with Crippen LogP contribution in [0.4, 0.5) is 0 Å². The van der Waals surface area contributed by atoms with E-state index in [9.17, 15) is 13.5 Å². The van der Waals surface area contributed by atoms with Crippen LogP contribution in [0.5, 0.6) is 11.5 Å². The Morgan fingerprint density at radius 1 is 0.939 bits per heavy atom. The minimum absolute atomic E-state index is 0. The van der Waals surface area contributed by atoms with E-state index >= 15 is 0 Å². The van der Waals surface area contributed by atoms with E-state index < -0.39 is 9.84 Å². The number of methoxy groups -OCH3 is 1. The molecular formula is C26H30ClNO4S. The Bertz CT molecular complexity index is 1230. The smallest absolute Gasteiger partial charge is 0.206 e. The zero-order valence-corrected chi connectivity index (χ0v) is 20.7. The number of sulfone groups is 1. The van der Waals surface area contributed by atoms with Crippen molar-refractivity contribution < 1.29 is 18.3 Å². The van der Waals surface area contributed by atoms with Crippen LogP contribution in [-0.2, 0) is 29.3 Å². The zero-order valence-electron chi connectivity index (χ0n) is 19.1. The average Bonchev–Trinajstić information content (AvgIpc) is 3.24. The monoisotopic (exact) mass is 487 g/mol. The van der Waals surface area contributed by atoms with E-state index in [-0.39, 0.29) is 23.7 Å². The van der Waals surface area contributed by atoms with E-state index in [4.69, 9.17) is 4.74 Å². The number of ether oxygens (including phenoxy) is 1. The summed E-state index contributed by atoms with van der Waals surface area (Å²) in [7, 11) is -1.97. The first-order valence-corrected chi connectivity index (χ1v) is 12.2. The van der Waals surface area contributed by atoms with Gasteiger partial charge in [0.2, 0.25) is 9.84 Å². The van der Waals surface area contributed by atoms with E-state index in [1.165, 1.54) is 5.56 Å². The molecule has 0 saturated carbocycles. The van der Waals surface area contributed by atoms with E-state index in [0.29, 0.717) is 15.5 Å². The van der Waals surface area contributed by atoms with Gasteiger partial charge in [-0.15, -0.1) is 12.4 Å².